The van der Waals surface area contributed by atoms with Crippen LogP contribution in [-0.4, -0.2) is 6.21 Å². The molecule has 0 N–H and O–H groups in total. The molecule has 138 valence electrons. The highest BCUT2D eigenvalue weighted by atomic mass is 32.2. The molecule has 0 aliphatic heterocycles. The zero-order valence-electron chi connectivity index (χ0n) is 16.4. The predicted molar refractivity (Wildman–Crippen MR) is 126 cm³/mol. The zero-order valence-corrected chi connectivity index (χ0v) is 18.4. The molecule has 0 spiro atoms. The SMILES string of the molecule is C=C/C(SC(=C)\C(C=C)=C(C)/N=C\C=C/C)=C(\C)C1=C(CC)CC(P)=C1. The van der Waals surface area contributed by atoms with Crippen molar-refractivity contribution in [2.75, 3.05) is 0 Å². The number of thioether (sulfide) groups is 1. The van der Waals surface area contributed by atoms with Crippen LogP contribution in [0.15, 0.2) is 98.2 Å². The maximum Gasteiger partial charge on any atom is 0.0455 e. The van der Waals surface area contributed by atoms with E-state index in [9.17, 15) is 0 Å². The Morgan fingerprint density at radius 1 is 1.31 bits per heavy atom. The van der Waals surface area contributed by atoms with E-state index in [1.807, 2.05) is 38.2 Å². The Hall–Kier alpha value is -1.63. The van der Waals surface area contributed by atoms with E-state index in [2.05, 4.69) is 53.9 Å². The van der Waals surface area contributed by atoms with Crippen LogP contribution in [0.4, 0.5) is 0 Å². The predicted octanol–water partition coefficient (Wildman–Crippen LogP) is 7.67. The topological polar surface area (TPSA) is 12.4 Å². The maximum atomic E-state index is 4.46. The molecular weight excluding hydrogens is 353 g/mol. The highest BCUT2D eigenvalue weighted by Gasteiger charge is 2.16. The third-order valence-electron chi connectivity index (χ3n) is 4.19. The van der Waals surface area contributed by atoms with E-state index in [0.717, 1.165) is 33.9 Å². The number of hydrogen-bond acceptors (Lipinski definition) is 2. The van der Waals surface area contributed by atoms with Crippen LogP contribution in [0.2, 0.25) is 0 Å². The van der Waals surface area contributed by atoms with E-state index in [4.69, 9.17) is 0 Å². The second kappa shape index (κ2) is 11.2. The van der Waals surface area contributed by atoms with Crippen molar-refractivity contribution in [3.05, 3.63) is 93.2 Å². The van der Waals surface area contributed by atoms with Crippen LogP contribution < -0.4 is 0 Å². The molecule has 26 heavy (non-hydrogen) atoms. The Morgan fingerprint density at radius 2 is 2.00 bits per heavy atom. The molecule has 0 saturated heterocycles. The van der Waals surface area contributed by atoms with Gasteiger partial charge >= 0.3 is 0 Å². The number of rotatable bonds is 9. The molecule has 1 aliphatic carbocycles. The van der Waals surface area contributed by atoms with Gasteiger partial charge in [-0.25, -0.2) is 0 Å². The molecule has 1 atom stereocenters. The van der Waals surface area contributed by atoms with Crippen molar-refractivity contribution < 1.29 is 0 Å². The summed E-state index contributed by atoms with van der Waals surface area (Å²) < 4.78 is 0. The quantitative estimate of drug-likeness (QED) is 0.226. The van der Waals surface area contributed by atoms with Crippen molar-refractivity contribution in [1.82, 2.24) is 0 Å². The summed E-state index contributed by atoms with van der Waals surface area (Å²) in [5, 5.41) is 1.34. The van der Waals surface area contributed by atoms with Crippen molar-refractivity contribution in [3.8, 4) is 0 Å². The average Bonchev–Trinajstić information content (AvgIpc) is 3.00. The Morgan fingerprint density at radius 3 is 2.54 bits per heavy atom. The normalized spacial score (nSPS) is 16.7. The lowest BCUT2D eigenvalue weighted by atomic mass is 10.0. The van der Waals surface area contributed by atoms with Gasteiger partial charge in [0.1, 0.15) is 0 Å². The van der Waals surface area contributed by atoms with E-state index in [0.29, 0.717) is 0 Å². The molecule has 0 saturated carbocycles. The fourth-order valence-corrected chi connectivity index (χ4v) is 4.10. The fourth-order valence-electron chi connectivity index (χ4n) is 2.73. The molecule has 0 aromatic carbocycles. The van der Waals surface area contributed by atoms with Crippen molar-refractivity contribution >= 4 is 27.2 Å². The summed E-state index contributed by atoms with van der Waals surface area (Å²) in [5.41, 5.74) is 5.92. The summed E-state index contributed by atoms with van der Waals surface area (Å²) in [6.07, 6.45) is 13.8. The van der Waals surface area contributed by atoms with Crippen LogP contribution in [0.3, 0.4) is 0 Å². The van der Waals surface area contributed by atoms with Crippen LogP contribution in [0.25, 0.3) is 0 Å². The molecule has 1 unspecified atom stereocenters. The average molecular weight is 384 g/mol. The van der Waals surface area contributed by atoms with Gasteiger partial charge in [0, 0.05) is 27.3 Å². The molecule has 0 aromatic rings. The second-order valence-electron chi connectivity index (χ2n) is 5.99. The third-order valence-corrected chi connectivity index (χ3v) is 5.72. The first-order valence-corrected chi connectivity index (χ1v) is 10.2. The minimum Gasteiger partial charge on any atom is -0.261 e. The summed E-state index contributed by atoms with van der Waals surface area (Å²) in [7, 11) is 2.84. The third kappa shape index (κ3) is 5.97. The van der Waals surface area contributed by atoms with Crippen molar-refractivity contribution in [2.24, 2.45) is 4.99 Å². The van der Waals surface area contributed by atoms with Crippen LogP contribution in [0.5, 0.6) is 0 Å². The summed E-state index contributed by atoms with van der Waals surface area (Å²) >= 11 is 1.63. The smallest absolute Gasteiger partial charge is 0.0455 e. The van der Waals surface area contributed by atoms with Gasteiger partial charge in [-0.1, -0.05) is 68.3 Å². The Kier molecular flexibility index (Phi) is 9.62. The molecule has 1 nitrogen and oxygen atoms in total. The second-order valence-corrected chi connectivity index (χ2v) is 7.87. The Labute approximate surface area is 166 Å². The van der Waals surface area contributed by atoms with Gasteiger partial charge in [0.05, 0.1) is 0 Å². The Bertz CT molecular complexity index is 770. The van der Waals surface area contributed by atoms with E-state index < -0.39 is 0 Å². The van der Waals surface area contributed by atoms with E-state index in [-0.39, 0.29) is 0 Å². The molecule has 0 radical (unpaired) electrons. The van der Waals surface area contributed by atoms with Gasteiger partial charge in [-0.15, -0.1) is 9.24 Å². The fraction of sp³-hybridized carbons (Fsp3) is 0.261. The lowest BCUT2D eigenvalue weighted by molar-refractivity contribution is 1.03. The molecule has 0 fully saturated rings. The molecule has 0 bridgehead atoms. The van der Waals surface area contributed by atoms with Crippen LogP contribution in [0.1, 0.15) is 40.5 Å². The zero-order chi connectivity index (χ0) is 19.7. The molecule has 0 heterocycles. The monoisotopic (exact) mass is 383 g/mol. The molecule has 3 heteroatoms. The Balaban J connectivity index is 3.20. The van der Waals surface area contributed by atoms with Crippen molar-refractivity contribution in [2.45, 2.75) is 40.5 Å². The molecular formula is C23H30NPS. The van der Waals surface area contributed by atoms with E-state index >= 15 is 0 Å². The van der Waals surface area contributed by atoms with Gasteiger partial charge in [0.25, 0.3) is 0 Å². The van der Waals surface area contributed by atoms with Crippen LogP contribution in [0, 0.1) is 0 Å². The number of allylic oxidation sites excluding steroid dienone is 11. The van der Waals surface area contributed by atoms with Gasteiger partial charge < -0.3 is 0 Å². The molecule has 1 rings (SSSR count). The van der Waals surface area contributed by atoms with Gasteiger partial charge in [-0.3, -0.25) is 4.99 Å². The van der Waals surface area contributed by atoms with Gasteiger partial charge in [0.2, 0.25) is 0 Å². The lowest BCUT2D eigenvalue weighted by Gasteiger charge is -2.13. The van der Waals surface area contributed by atoms with E-state index in [1.165, 1.54) is 22.0 Å². The molecule has 0 aromatic heterocycles. The van der Waals surface area contributed by atoms with Crippen molar-refractivity contribution in [1.29, 1.82) is 0 Å². The van der Waals surface area contributed by atoms with Crippen molar-refractivity contribution in [3.63, 3.8) is 0 Å². The number of hydrogen-bond donors (Lipinski definition) is 0. The minimum atomic E-state index is 0.901. The highest BCUT2D eigenvalue weighted by Crippen LogP contribution is 2.40. The standard InChI is InChI=1S/C23H30NPS/c1-8-12-13-24-17(6)21(10-3)18(7)26-23(11-4)16(5)22-15-20(25)14-19(22)9-2/h8,10-13,15H,3-4,7,9,14,25H2,1-2,5-6H3/b12-8-,21-17-,23-16-,24-13-. The lowest BCUT2D eigenvalue weighted by Crippen LogP contribution is -1.91. The highest BCUT2D eigenvalue weighted by molar-refractivity contribution is 8.07. The summed E-state index contributed by atoms with van der Waals surface area (Å²) in [6, 6.07) is 0. The largest absolute Gasteiger partial charge is 0.261 e. The minimum absolute atomic E-state index is 0.901. The summed E-state index contributed by atoms with van der Waals surface area (Å²) in [6.45, 7) is 20.5. The maximum absolute atomic E-state index is 4.46. The summed E-state index contributed by atoms with van der Waals surface area (Å²) in [5.74, 6) is 0. The van der Waals surface area contributed by atoms with Crippen LogP contribution >= 0.6 is 21.0 Å². The van der Waals surface area contributed by atoms with Gasteiger partial charge in [-0.2, -0.15) is 0 Å². The number of aliphatic imine (C=N–C) groups is 1. The van der Waals surface area contributed by atoms with E-state index in [1.54, 1.807) is 18.0 Å². The first-order chi connectivity index (χ1) is 12.4. The van der Waals surface area contributed by atoms with Crippen LogP contribution in [-0.2, 0) is 0 Å². The van der Waals surface area contributed by atoms with Gasteiger partial charge in [0.15, 0.2) is 0 Å². The number of nitrogens with zero attached hydrogens (tertiary/aromatic N) is 1. The van der Waals surface area contributed by atoms with Gasteiger partial charge in [-0.05, 0) is 56.1 Å². The first-order valence-electron chi connectivity index (χ1n) is 8.77. The molecule has 0 amide bonds. The summed E-state index contributed by atoms with van der Waals surface area (Å²) in [4.78, 5) is 6.50. The molecule has 1 aliphatic rings. The first kappa shape index (κ1) is 22.4.